The number of nitrogens with zero attached hydrogens (tertiary/aromatic N) is 1. The standard InChI is InChI=1S/C13H22N2O4/c1-4-5-15-7-9(6-10(15)16)12(17)14-11(8(2)3)13(18)19/h8-9,11H,4-7H2,1-3H3,(H,14,17)(H,18,19). The van der Waals surface area contributed by atoms with Crippen molar-refractivity contribution < 1.29 is 19.5 Å². The lowest BCUT2D eigenvalue weighted by Crippen LogP contribution is -2.47. The van der Waals surface area contributed by atoms with Gasteiger partial charge in [-0.3, -0.25) is 9.59 Å². The molecule has 108 valence electrons. The molecule has 1 saturated heterocycles. The van der Waals surface area contributed by atoms with Crippen molar-refractivity contribution in [3.05, 3.63) is 0 Å². The Bertz CT molecular complexity index is 368. The molecule has 19 heavy (non-hydrogen) atoms. The van der Waals surface area contributed by atoms with Crippen LogP contribution in [0.5, 0.6) is 0 Å². The van der Waals surface area contributed by atoms with Gasteiger partial charge in [0.1, 0.15) is 6.04 Å². The van der Waals surface area contributed by atoms with Crippen LogP contribution in [0.3, 0.4) is 0 Å². The molecule has 0 aliphatic carbocycles. The van der Waals surface area contributed by atoms with Gasteiger partial charge in [-0.1, -0.05) is 20.8 Å². The summed E-state index contributed by atoms with van der Waals surface area (Å²) in [7, 11) is 0. The summed E-state index contributed by atoms with van der Waals surface area (Å²) in [4.78, 5) is 36.4. The fraction of sp³-hybridized carbons (Fsp3) is 0.769. The van der Waals surface area contributed by atoms with Gasteiger partial charge in [0.15, 0.2) is 0 Å². The van der Waals surface area contributed by atoms with E-state index in [1.807, 2.05) is 6.92 Å². The summed E-state index contributed by atoms with van der Waals surface area (Å²) >= 11 is 0. The van der Waals surface area contributed by atoms with Gasteiger partial charge in [0.05, 0.1) is 5.92 Å². The minimum Gasteiger partial charge on any atom is -0.480 e. The summed E-state index contributed by atoms with van der Waals surface area (Å²) in [6.45, 7) is 6.49. The van der Waals surface area contributed by atoms with Gasteiger partial charge in [-0.25, -0.2) is 4.79 Å². The minimum absolute atomic E-state index is 0.0292. The van der Waals surface area contributed by atoms with Crippen molar-refractivity contribution in [2.75, 3.05) is 13.1 Å². The van der Waals surface area contributed by atoms with E-state index in [1.54, 1.807) is 18.7 Å². The molecule has 0 aromatic carbocycles. The second-order valence-electron chi connectivity index (χ2n) is 5.31. The number of carbonyl (C=O) groups is 3. The van der Waals surface area contributed by atoms with Gasteiger partial charge in [0.2, 0.25) is 11.8 Å². The highest BCUT2D eigenvalue weighted by molar-refractivity contribution is 5.91. The zero-order valence-corrected chi connectivity index (χ0v) is 11.7. The van der Waals surface area contributed by atoms with Crippen molar-refractivity contribution in [3.8, 4) is 0 Å². The van der Waals surface area contributed by atoms with Crippen LogP contribution in [0.1, 0.15) is 33.6 Å². The molecule has 0 spiro atoms. The minimum atomic E-state index is -1.04. The lowest BCUT2D eigenvalue weighted by molar-refractivity contribution is -0.143. The van der Waals surface area contributed by atoms with E-state index in [9.17, 15) is 14.4 Å². The quantitative estimate of drug-likeness (QED) is 0.734. The predicted octanol–water partition coefficient (Wildman–Crippen LogP) is 0.470. The van der Waals surface area contributed by atoms with Gasteiger partial charge in [0, 0.05) is 19.5 Å². The highest BCUT2D eigenvalue weighted by Gasteiger charge is 2.35. The Balaban J connectivity index is 2.60. The second-order valence-corrected chi connectivity index (χ2v) is 5.31. The molecule has 1 aliphatic rings. The van der Waals surface area contributed by atoms with Crippen LogP contribution in [0, 0.1) is 11.8 Å². The summed E-state index contributed by atoms with van der Waals surface area (Å²) in [5.74, 6) is -2.03. The number of hydrogen-bond donors (Lipinski definition) is 2. The van der Waals surface area contributed by atoms with E-state index in [0.717, 1.165) is 6.42 Å². The van der Waals surface area contributed by atoms with Gasteiger partial charge in [-0.2, -0.15) is 0 Å². The molecule has 6 nitrogen and oxygen atoms in total. The van der Waals surface area contributed by atoms with E-state index in [4.69, 9.17) is 5.11 Å². The first kappa shape index (κ1) is 15.5. The fourth-order valence-electron chi connectivity index (χ4n) is 2.22. The maximum Gasteiger partial charge on any atom is 0.326 e. The molecule has 0 aromatic rings. The number of hydrogen-bond acceptors (Lipinski definition) is 3. The largest absolute Gasteiger partial charge is 0.480 e. The van der Waals surface area contributed by atoms with E-state index in [2.05, 4.69) is 5.32 Å². The molecule has 1 heterocycles. The molecule has 6 heteroatoms. The highest BCUT2D eigenvalue weighted by Crippen LogP contribution is 2.18. The first-order valence-corrected chi connectivity index (χ1v) is 6.67. The molecular formula is C13H22N2O4. The number of carboxylic acids is 1. The van der Waals surface area contributed by atoms with Crippen molar-refractivity contribution >= 4 is 17.8 Å². The molecule has 1 rings (SSSR count). The van der Waals surface area contributed by atoms with Gasteiger partial charge in [-0.05, 0) is 12.3 Å². The summed E-state index contributed by atoms with van der Waals surface area (Å²) in [6.07, 6.45) is 1.03. The van der Waals surface area contributed by atoms with Crippen molar-refractivity contribution in [2.24, 2.45) is 11.8 Å². The van der Waals surface area contributed by atoms with Crippen molar-refractivity contribution in [2.45, 2.75) is 39.7 Å². The lowest BCUT2D eigenvalue weighted by Gasteiger charge is -2.20. The Morgan fingerprint density at radius 2 is 2.11 bits per heavy atom. The van der Waals surface area contributed by atoms with Crippen LogP contribution < -0.4 is 5.32 Å². The molecule has 2 N–H and O–H groups in total. The number of likely N-dealkylation sites (tertiary alicyclic amines) is 1. The second kappa shape index (κ2) is 6.54. The number of carbonyl (C=O) groups excluding carboxylic acids is 2. The number of amides is 2. The lowest BCUT2D eigenvalue weighted by atomic mass is 10.0. The van der Waals surface area contributed by atoms with Crippen molar-refractivity contribution in [1.29, 1.82) is 0 Å². The molecule has 0 radical (unpaired) electrons. The summed E-state index contributed by atoms with van der Waals surface area (Å²) in [6, 6.07) is -0.900. The van der Waals surface area contributed by atoms with E-state index in [0.29, 0.717) is 13.1 Å². The Hall–Kier alpha value is -1.59. The van der Waals surface area contributed by atoms with Crippen LogP contribution in [-0.4, -0.2) is 46.9 Å². The average molecular weight is 270 g/mol. The number of aliphatic carboxylic acids is 1. The topological polar surface area (TPSA) is 86.7 Å². The number of nitrogens with one attached hydrogen (secondary N) is 1. The van der Waals surface area contributed by atoms with Gasteiger partial charge in [-0.15, -0.1) is 0 Å². The summed E-state index contributed by atoms with van der Waals surface area (Å²) < 4.78 is 0. The zero-order chi connectivity index (χ0) is 14.6. The van der Waals surface area contributed by atoms with Crippen LogP contribution in [0.25, 0.3) is 0 Å². The van der Waals surface area contributed by atoms with Gasteiger partial charge < -0.3 is 15.3 Å². The maximum absolute atomic E-state index is 12.0. The third kappa shape index (κ3) is 3.94. The van der Waals surface area contributed by atoms with Crippen LogP contribution in [-0.2, 0) is 14.4 Å². The Labute approximate surface area is 113 Å². The molecule has 0 aromatic heterocycles. The van der Waals surface area contributed by atoms with Gasteiger partial charge >= 0.3 is 5.97 Å². The van der Waals surface area contributed by atoms with Gasteiger partial charge in [0.25, 0.3) is 0 Å². The Morgan fingerprint density at radius 3 is 2.58 bits per heavy atom. The average Bonchev–Trinajstić information content (AvgIpc) is 2.67. The first-order chi connectivity index (χ1) is 8.86. The SMILES string of the molecule is CCCN1CC(C(=O)NC(C(=O)O)C(C)C)CC1=O. The normalized spacial score (nSPS) is 20.7. The molecule has 1 aliphatic heterocycles. The summed E-state index contributed by atoms with van der Waals surface area (Å²) in [5, 5.41) is 11.6. The molecule has 0 bridgehead atoms. The molecular weight excluding hydrogens is 248 g/mol. The van der Waals surface area contributed by atoms with Crippen molar-refractivity contribution in [1.82, 2.24) is 10.2 Å². The van der Waals surface area contributed by atoms with E-state index < -0.39 is 17.9 Å². The Kier molecular flexibility index (Phi) is 5.32. The van der Waals surface area contributed by atoms with E-state index in [1.165, 1.54) is 0 Å². The monoisotopic (exact) mass is 270 g/mol. The van der Waals surface area contributed by atoms with Crippen LogP contribution in [0.4, 0.5) is 0 Å². The molecule has 2 unspecified atom stereocenters. The predicted molar refractivity (Wildman–Crippen MR) is 69.4 cm³/mol. The third-order valence-corrected chi connectivity index (χ3v) is 3.31. The number of rotatable bonds is 6. The van der Waals surface area contributed by atoms with Crippen LogP contribution in [0.2, 0.25) is 0 Å². The third-order valence-electron chi connectivity index (χ3n) is 3.31. The smallest absolute Gasteiger partial charge is 0.326 e. The zero-order valence-electron chi connectivity index (χ0n) is 11.7. The maximum atomic E-state index is 12.0. The molecule has 0 saturated carbocycles. The van der Waals surface area contributed by atoms with Crippen LogP contribution >= 0.6 is 0 Å². The molecule has 1 fully saturated rings. The van der Waals surface area contributed by atoms with E-state index in [-0.39, 0.29) is 24.2 Å². The fourth-order valence-corrected chi connectivity index (χ4v) is 2.22. The molecule has 2 atom stereocenters. The number of carboxylic acid groups (broad SMARTS) is 1. The van der Waals surface area contributed by atoms with E-state index >= 15 is 0 Å². The van der Waals surface area contributed by atoms with Crippen LogP contribution in [0.15, 0.2) is 0 Å². The molecule has 2 amide bonds. The highest BCUT2D eigenvalue weighted by atomic mass is 16.4. The van der Waals surface area contributed by atoms with Crippen molar-refractivity contribution in [3.63, 3.8) is 0 Å². The summed E-state index contributed by atoms with van der Waals surface area (Å²) in [5.41, 5.74) is 0. The first-order valence-electron chi connectivity index (χ1n) is 6.67. The Morgan fingerprint density at radius 1 is 1.47 bits per heavy atom.